The first kappa shape index (κ1) is 20.0. The molecule has 0 aliphatic carbocycles. The van der Waals surface area contributed by atoms with Gasteiger partial charge in [-0.15, -0.1) is 0 Å². The van der Waals surface area contributed by atoms with Crippen LogP contribution in [-0.4, -0.2) is 19.3 Å². The van der Waals surface area contributed by atoms with Crippen LogP contribution >= 0.6 is 0 Å². The minimum Gasteiger partial charge on any atom is -0.508 e. The van der Waals surface area contributed by atoms with Crippen LogP contribution in [0.1, 0.15) is 76.7 Å². The molecular weight excluding hydrogens is 308 g/mol. The van der Waals surface area contributed by atoms with Crippen molar-refractivity contribution >= 4 is 9.84 Å². The van der Waals surface area contributed by atoms with Gasteiger partial charge in [-0.3, -0.25) is 0 Å². The van der Waals surface area contributed by atoms with Gasteiger partial charge in [-0.1, -0.05) is 64.7 Å². The summed E-state index contributed by atoms with van der Waals surface area (Å²) in [6, 6.07) is 4.51. The van der Waals surface area contributed by atoms with Gasteiger partial charge >= 0.3 is 0 Å². The second-order valence-electron chi connectivity index (χ2n) is 6.45. The van der Waals surface area contributed by atoms with E-state index in [-0.39, 0.29) is 11.5 Å². The van der Waals surface area contributed by atoms with Crippen LogP contribution in [0.4, 0.5) is 0 Å². The Morgan fingerprint density at radius 3 is 1.91 bits per heavy atom. The topological polar surface area (TPSA) is 54.4 Å². The van der Waals surface area contributed by atoms with Crippen molar-refractivity contribution < 1.29 is 13.5 Å². The van der Waals surface area contributed by atoms with Crippen molar-refractivity contribution in [1.29, 1.82) is 0 Å². The molecule has 0 saturated carbocycles. The van der Waals surface area contributed by atoms with E-state index in [0.29, 0.717) is 10.5 Å². The summed E-state index contributed by atoms with van der Waals surface area (Å²) in [6.45, 7) is 3.95. The van der Waals surface area contributed by atoms with Crippen LogP contribution in [0.3, 0.4) is 0 Å². The summed E-state index contributed by atoms with van der Waals surface area (Å²) < 4.78 is 24.5. The van der Waals surface area contributed by atoms with Crippen molar-refractivity contribution in [3.05, 3.63) is 23.8 Å². The van der Waals surface area contributed by atoms with E-state index < -0.39 is 9.84 Å². The first-order chi connectivity index (χ1) is 11.0. The number of sulfone groups is 1. The van der Waals surface area contributed by atoms with E-state index in [1.165, 1.54) is 57.1 Å². The maximum absolute atomic E-state index is 12.2. The average molecular weight is 341 g/mol. The lowest BCUT2D eigenvalue weighted by molar-refractivity contribution is 0.470. The van der Waals surface area contributed by atoms with Crippen molar-refractivity contribution in [2.75, 3.05) is 5.75 Å². The van der Waals surface area contributed by atoms with Gasteiger partial charge in [-0.25, -0.2) is 8.42 Å². The first-order valence-corrected chi connectivity index (χ1v) is 10.6. The van der Waals surface area contributed by atoms with Crippen LogP contribution in [0, 0.1) is 6.92 Å². The van der Waals surface area contributed by atoms with Gasteiger partial charge < -0.3 is 5.11 Å². The first-order valence-electron chi connectivity index (χ1n) is 8.99. The highest BCUT2D eigenvalue weighted by molar-refractivity contribution is 7.91. The largest absolute Gasteiger partial charge is 0.508 e. The minimum absolute atomic E-state index is 0.142. The molecule has 0 bridgehead atoms. The molecule has 3 nitrogen and oxygen atoms in total. The number of phenolic OH excluding ortho intramolecular Hbond substituents is 1. The molecule has 1 rings (SSSR count). The zero-order valence-electron chi connectivity index (χ0n) is 14.7. The SMILES string of the molecule is CCCCCCCCCCCCS(=O)(=O)c1ccc(O)c(C)c1. The van der Waals surface area contributed by atoms with Crippen molar-refractivity contribution in [2.45, 2.75) is 83.0 Å². The average Bonchev–Trinajstić information content (AvgIpc) is 2.51. The summed E-state index contributed by atoms with van der Waals surface area (Å²) in [5.41, 5.74) is 0.606. The van der Waals surface area contributed by atoms with Crippen molar-refractivity contribution in [3.8, 4) is 5.75 Å². The molecule has 0 heterocycles. The summed E-state index contributed by atoms with van der Waals surface area (Å²) in [5, 5.41) is 9.48. The van der Waals surface area contributed by atoms with Gasteiger partial charge in [0.2, 0.25) is 0 Å². The number of hydrogen-bond acceptors (Lipinski definition) is 3. The molecule has 1 aromatic carbocycles. The number of unbranched alkanes of at least 4 members (excludes halogenated alkanes) is 9. The zero-order valence-corrected chi connectivity index (χ0v) is 15.5. The molecule has 0 fully saturated rings. The predicted octanol–water partition coefficient (Wildman–Crippen LogP) is 5.40. The Morgan fingerprint density at radius 2 is 1.39 bits per heavy atom. The summed E-state index contributed by atoms with van der Waals surface area (Å²) in [6.07, 6.45) is 11.9. The molecule has 0 atom stereocenters. The number of aromatic hydroxyl groups is 1. The van der Waals surface area contributed by atoms with E-state index in [9.17, 15) is 13.5 Å². The van der Waals surface area contributed by atoms with E-state index in [1.807, 2.05) is 0 Å². The summed E-state index contributed by atoms with van der Waals surface area (Å²) >= 11 is 0. The Labute approximate surface area is 142 Å². The second-order valence-corrected chi connectivity index (χ2v) is 8.56. The Bertz CT molecular complexity index is 550. The highest BCUT2D eigenvalue weighted by Gasteiger charge is 2.14. The third-order valence-electron chi connectivity index (χ3n) is 4.29. The van der Waals surface area contributed by atoms with Crippen LogP contribution in [0.2, 0.25) is 0 Å². The molecule has 0 saturated heterocycles. The molecule has 1 aromatic rings. The summed E-state index contributed by atoms with van der Waals surface area (Å²) in [4.78, 5) is 0.323. The Kier molecular flexibility index (Phi) is 9.30. The maximum atomic E-state index is 12.2. The molecule has 23 heavy (non-hydrogen) atoms. The molecule has 0 radical (unpaired) electrons. The normalized spacial score (nSPS) is 11.7. The third kappa shape index (κ3) is 7.87. The zero-order chi connectivity index (χ0) is 17.1. The standard InChI is InChI=1S/C19H32O3S/c1-3-4-5-6-7-8-9-10-11-12-15-23(21,22)18-13-14-19(20)17(2)16-18/h13-14,16,20H,3-12,15H2,1-2H3. The van der Waals surface area contributed by atoms with Gasteiger partial charge in [0.1, 0.15) is 5.75 Å². The molecule has 1 N–H and O–H groups in total. The molecule has 132 valence electrons. The molecule has 0 aliphatic heterocycles. The Balaban J connectivity index is 2.18. The lowest BCUT2D eigenvalue weighted by atomic mass is 10.1. The highest BCUT2D eigenvalue weighted by Crippen LogP contribution is 2.22. The molecule has 0 aliphatic rings. The summed E-state index contributed by atoms with van der Waals surface area (Å²) in [5.74, 6) is 0.344. The van der Waals surface area contributed by atoms with Crippen molar-refractivity contribution in [2.24, 2.45) is 0 Å². The van der Waals surface area contributed by atoms with Crippen LogP contribution in [-0.2, 0) is 9.84 Å². The van der Waals surface area contributed by atoms with Crippen molar-refractivity contribution in [1.82, 2.24) is 0 Å². The van der Waals surface area contributed by atoms with E-state index in [2.05, 4.69) is 6.92 Å². The lowest BCUT2D eigenvalue weighted by Crippen LogP contribution is -2.07. The van der Waals surface area contributed by atoms with E-state index in [1.54, 1.807) is 13.0 Å². The fourth-order valence-corrected chi connectivity index (χ4v) is 4.17. The molecule has 0 amide bonds. The van der Waals surface area contributed by atoms with Gasteiger partial charge in [-0.2, -0.15) is 0 Å². The van der Waals surface area contributed by atoms with E-state index in [4.69, 9.17) is 0 Å². The summed E-state index contributed by atoms with van der Waals surface area (Å²) in [7, 11) is -3.22. The quantitative estimate of drug-likeness (QED) is 0.519. The maximum Gasteiger partial charge on any atom is 0.178 e. The molecule has 0 unspecified atom stereocenters. The van der Waals surface area contributed by atoms with Crippen LogP contribution in [0.5, 0.6) is 5.75 Å². The van der Waals surface area contributed by atoms with Crippen LogP contribution in [0.15, 0.2) is 23.1 Å². The smallest absolute Gasteiger partial charge is 0.178 e. The number of rotatable bonds is 12. The van der Waals surface area contributed by atoms with Crippen LogP contribution < -0.4 is 0 Å². The lowest BCUT2D eigenvalue weighted by Gasteiger charge is -2.07. The Morgan fingerprint density at radius 1 is 0.870 bits per heavy atom. The number of benzene rings is 1. The number of phenols is 1. The van der Waals surface area contributed by atoms with Gasteiger partial charge in [0, 0.05) is 0 Å². The molecule has 0 aromatic heterocycles. The third-order valence-corrected chi connectivity index (χ3v) is 6.09. The molecule has 4 heteroatoms. The fraction of sp³-hybridized carbons (Fsp3) is 0.684. The number of aryl methyl sites for hydroxylation is 1. The monoisotopic (exact) mass is 340 g/mol. The van der Waals surface area contributed by atoms with Gasteiger partial charge in [0.05, 0.1) is 10.6 Å². The fourth-order valence-electron chi connectivity index (χ4n) is 2.72. The van der Waals surface area contributed by atoms with Gasteiger partial charge in [0.15, 0.2) is 9.84 Å². The van der Waals surface area contributed by atoms with E-state index >= 15 is 0 Å². The molecular formula is C19H32O3S. The molecule has 0 spiro atoms. The Hall–Kier alpha value is -1.03. The predicted molar refractivity (Wildman–Crippen MR) is 96.7 cm³/mol. The van der Waals surface area contributed by atoms with Crippen LogP contribution in [0.25, 0.3) is 0 Å². The second kappa shape index (κ2) is 10.7. The van der Waals surface area contributed by atoms with E-state index in [0.717, 1.165) is 19.3 Å². The van der Waals surface area contributed by atoms with Crippen molar-refractivity contribution in [3.63, 3.8) is 0 Å². The van der Waals surface area contributed by atoms with Gasteiger partial charge in [-0.05, 0) is 37.1 Å². The van der Waals surface area contributed by atoms with Gasteiger partial charge in [0.25, 0.3) is 0 Å². The minimum atomic E-state index is -3.22. The number of hydrogen-bond donors (Lipinski definition) is 1. The highest BCUT2D eigenvalue weighted by atomic mass is 32.2.